The Morgan fingerprint density at radius 1 is 1.50 bits per heavy atom. The molecule has 1 fully saturated rings. The van der Waals surface area contributed by atoms with E-state index in [1.165, 1.54) is 6.42 Å². The number of rotatable bonds is 3. The van der Waals surface area contributed by atoms with Crippen LogP contribution in [0.3, 0.4) is 0 Å². The molecule has 1 aromatic heterocycles. The molecule has 100 valence electrons. The Morgan fingerprint density at radius 2 is 2.28 bits per heavy atom. The molecule has 0 radical (unpaired) electrons. The molecule has 1 aliphatic carbocycles. The van der Waals surface area contributed by atoms with E-state index in [0.29, 0.717) is 12.5 Å². The zero-order valence-electron chi connectivity index (χ0n) is 10.5. The number of hydrogen-bond donors (Lipinski definition) is 2. The Hall–Kier alpha value is -1.23. The lowest BCUT2D eigenvalue weighted by atomic mass is 9.73. The quantitative estimate of drug-likeness (QED) is 0.873. The summed E-state index contributed by atoms with van der Waals surface area (Å²) in [5.41, 5.74) is 5.54. The molecule has 1 aliphatic rings. The summed E-state index contributed by atoms with van der Waals surface area (Å²) in [6.07, 6.45) is 5.21. The maximum absolute atomic E-state index is 13.6. The van der Waals surface area contributed by atoms with Crippen molar-refractivity contribution in [1.82, 2.24) is 4.98 Å². The van der Waals surface area contributed by atoms with Crippen LogP contribution in [0.5, 0.6) is 0 Å². The van der Waals surface area contributed by atoms with E-state index in [0.717, 1.165) is 31.5 Å². The molecule has 1 aromatic rings. The van der Waals surface area contributed by atoms with Crippen molar-refractivity contribution in [3.8, 4) is 0 Å². The van der Waals surface area contributed by atoms with Crippen molar-refractivity contribution in [2.45, 2.75) is 38.1 Å². The van der Waals surface area contributed by atoms with Crippen LogP contribution in [-0.4, -0.2) is 17.1 Å². The zero-order valence-corrected chi connectivity index (χ0v) is 10.5. The van der Waals surface area contributed by atoms with Crippen molar-refractivity contribution in [3.63, 3.8) is 0 Å². The van der Waals surface area contributed by atoms with Crippen molar-refractivity contribution >= 4 is 5.82 Å². The fourth-order valence-electron chi connectivity index (χ4n) is 2.70. The first kappa shape index (κ1) is 13.2. The van der Waals surface area contributed by atoms with Gasteiger partial charge in [0.25, 0.3) is 0 Å². The normalized spacial score (nSPS) is 28.1. The molecule has 2 atom stereocenters. The summed E-state index contributed by atoms with van der Waals surface area (Å²) in [4.78, 5) is 3.78. The van der Waals surface area contributed by atoms with E-state index in [2.05, 4.69) is 17.2 Å². The number of aromatic nitrogens is 1. The first-order valence-corrected chi connectivity index (χ1v) is 6.37. The highest BCUT2D eigenvalue weighted by molar-refractivity contribution is 5.40. The van der Waals surface area contributed by atoms with E-state index < -0.39 is 11.6 Å². The van der Waals surface area contributed by atoms with Crippen molar-refractivity contribution in [1.29, 1.82) is 0 Å². The summed E-state index contributed by atoms with van der Waals surface area (Å²) in [5, 5.41) is 3.11. The first-order chi connectivity index (χ1) is 8.57. The van der Waals surface area contributed by atoms with Crippen LogP contribution >= 0.6 is 0 Å². The molecule has 2 rings (SSSR count). The summed E-state index contributed by atoms with van der Waals surface area (Å²) in [6, 6.07) is 0.840. The molecule has 1 heterocycles. The summed E-state index contributed by atoms with van der Waals surface area (Å²) < 4.78 is 26.5. The van der Waals surface area contributed by atoms with Gasteiger partial charge in [0.15, 0.2) is 11.6 Å². The average molecular weight is 255 g/mol. The standard InChI is InChI=1S/C13H19F2N3/c1-9-4-2-3-5-13(9,8-16)18-12-11(15)6-10(14)7-17-12/h6-7,9H,2-5,8,16H2,1H3,(H,17,18). The molecule has 0 spiro atoms. The number of anilines is 1. The van der Waals surface area contributed by atoms with Gasteiger partial charge in [0.2, 0.25) is 0 Å². The molecule has 0 aliphatic heterocycles. The SMILES string of the molecule is CC1CCCCC1(CN)Nc1ncc(F)cc1F. The van der Waals surface area contributed by atoms with E-state index in [9.17, 15) is 8.78 Å². The summed E-state index contributed by atoms with van der Waals surface area (Å²) >= 11 is 0. The highest BCUT2D eigenvalue weighted by Gasteiger charge is 2.37. The number of pyridine rings is 1. The molecular formula is C13H19F2N3. The van der Waals surface area contributed by atoms with Gasteiger partial charge in [-0.3, -0.25) is 0 Å². The van der Waals surface area contributed by atoms with Gasteiger partial charge in [0, 0.05) is 12.6 Å². The van der Waals surface area contributed by atoms with Crippen LogP contribution < -0.4 is 11.1 Å². The molecule has 3 N–H and O–H groups in total. The smallest absolute Gasteiger partial charge is 0.168 e. The van der Waals surface area contributed by atoms with E-state index in [-0.39, 0.29) is 11.4 Å². The van der Waals surface area contributed by atoms with Crippen LogP contribution in [-0.2, 0) is 0 Å². The van der Waals surface area contributed by atoms with Gasteiger partial charge in [0.1, 0.15) is 5.82 Å². The first-order valence-electron chi connectivity index (χ1n) is 6.37. The van der Waals surface area contributed by atoms with Crippen LogP contribution in [0.15, 0.2) is 12.3 Å². The topological polar surface area (TPSA) is 50.9 Å². The summed E-state index contributed by atoms with van der Waals surface area (Å²) in [5.74, 6) is -0.893. The molecule has 0 bridgehead atoms. The molecule has 0 aromatic carbocycles. The van der Waals surface area contributed by atoms with Crippen molar-refractivity contribution in [3.05, 3.63) is 23.9 Å². The monoisotopic (exact) mass is 255 g/mol. The molecule has 1 saturated carbocycles. The Kier molecular flexibility index (Phi) is 3.80. The predicted molar refractivity (Wildman–Crippen MR) is 67.2 cm³/mol. The number of halogens is 2. The zero-order chi connectivity index (χ0) is 13.2. The largest absolute Gasteiger partial charge is 0.361 e. The van der Waals surface area contributed by atoms with Gasteiger partial charge in [-0.25, -0.2) is 13.8 Å². The van der Waals surface area contributed by atoms with Crippen molar-refractivity contribution in [2.24, 2.45) is 11.7 Å². The number of hydrogen-bond acceptors (Lipinski definition) is 3. The molecule has 2 unspecified atom stereocenters. The lowest BCUT2D eigenvalue weighted by Crippen LogP contribution is -2.52. The van der Waals surface area contributed by atoms with Gasteiger partial charge in [-0.1, -0.05) is 19.8 Å². The number of nitrogens with two attached hydrogens (primary N) is 1. The predicted octanol–water partition coefficient (Wildman–Crippen LogP) is 2.68. The van der Waals surface area contributed by atoms with Crippen LogP contribution in [0, 0.1) is 17.6 Å². The Balaban J connectivity index is 2.24. The second-order valence-corrected chi connectivity index (χ2v) is 5.12. The van der Waals surface area contributed by atoms with Crippen molar-refractivity contribution in [2.75, 3.05) is 11.9 Å². The van der Waals surface area contributed by atoms with Crippen LogP contribution in [0.2, 0.25) is 0 Å². The second-order valence-electron chi connectivity index (χ2n) is 5.12. The third kappa shape index (κ3) is 2.46. The van der Waals surface area contributed by atoms with Crippen LogP contribution in [0.25, 0.3) is 0 Å². The summed E-state index contributed by atoms with van der Waals surface area (Å²) in [6.45, 7) is 2.53. The third-order valence-electron chi connectivity index (χ3n) is 3.99. The molecule has 18 heavy (non-hydrogen) atoms. The lowest BCUT2D eigenvalue weighted by Gasteiger charge is -2.43. The molecule has 0 saturated heterocycles. The highest BCUT2D eigenvalue weighted by Crippen LogP contribution is 2.35. The van der Waals surface area contributed by atoms with Gasteiger partial charge < -0.3 is 11.1 Å². The maximum Gasteiger partial charge on any atom is 0.168 e. The van der Waals surface area contributed by atoms with E-state index >= 15 is 0 Å². The van der Waals surface area contributed by atoms with E-state index in [4.69, 9.17) is 5.73 Å². The fourth-order valence-corrected chi connectivity index (χ4v) is 2.70. The van der Waals surface area contributed by atoms with Gasteiger partial charge in [0.05, 0.1) is 11.7 Å². The van der Waals surface area contributed by atoms with E-state index in [1.807, 2.05) is 0 Å². The second kappa shape index (κ2) is 5.18. The Labute approximate surface area is 106 Å². The fraction of sp³-hybridized carbons (Fsp3) is 0.615. The Bertz CT molecular complexity index is 425. The Morgan fingerprint density at radius 3 is 2.89 bits per heavy atom. The van der Waals surface area contributed by atoms with Crippen LogP contribution in [0.1, 0.15) is 32.6 Å². The summed E-state index contributed by atoms with van der Waals surface area (Å²) in [7, 11) is 0. The van der Waals surface area contributed by atoms with Gasteiger partial charge in [-0.05, 0) is 18.8 Å². The minimum Gasteiger partial charge on any atom is -0.361 e. The average Bonchev–Trinajstić information content (AvgIpc) is 2.35. The third-order valence-corrected chi connectivity index (χ3v) is 3.99. The van der Waals surface area contributed by atoms with Crippen LogP contribution in [0.4, 0.5) is 14.6 Å². The van der Waals surface area contributed by atoms with Crippen molar-refractivity contribution < 1.29 is 8.78 Å². The molecule has 3 nitrogen and oxygen atoms in total. The number of nitrogens with zero attached hydrogens (tertiary/aromatic N) is 1. The van der Waals surface area contributed by atoms with Gasteiger partial charge in [-0.15, -0.1) is 0 Å². The van der Waals surface area contributed by atoms with E-state index in [1.54, 1.807) is 0 Å². The lowest BCUT2D eigenvalue weighted by molar-refractivity contribution is 0.234. The van der Waals surface area contributed by atoms with Gasteiger partial charge >= 0.3 is 0 Å². The minimum absolute atomic E-state index is 0.0931. The maximum atomic E-state index is 13.6. The molecule has 0 amide bonds. The van der Waals surface area contributed by atoms with Gasteiger partial charge in [-0.2, -0.15) is 0 Å². The molecular weight excluding hydrogens is 236 g/mol. The number of nitrogens with one attached hydrogen (secondary N) is 1. The minimum atomic E-state index is -0.670. The molecule has 5 heteroatoms. The highest BCUT2D eigenvalue weighted by atomic mass is 19.1.